The largest absolute Gasteiger partial charge is 0.487 e. The summed E-state index contributed by atoms with van der Waals surface area (Å²) in [5.41, 5.74) is 0.864. The number of ether oxygens (including phenoxy) is 2. The highest BCUT2D eigenvalue weighted by atomic mass is 35.5. The van der Waals surface area contributed by atoms with Gasteiger partial charge in [-0.15, -0.1) is 11.3 Å². The van der Waals surface area contributed by atoms with Gasteiger partial charge in [0.05, 0.1) is 23.1 Å². The van der Waals surface area contributed by atoms with E-state index in [-0.39, 0.29) is 6.61 Å². The molecule has 2 rings (SSSR count). The molecule has 0 amide bonds. The van der Waals surface area contributed by atoms with Crippen LogP contribution in [0.1, 0.15) is 20.8 Å². The molecule has 1 heterocycles. The molecule has 0 saturated heterocycles. The number of thiophene rings is 1. The molecule has 0 aliphatic heterocycles. The zero-order chi connectivity index (χ0) is 14.5. The third kappa shape index (κ3) is 3.10. The Bertz CT molecular complexity index is 675. The van der Waals surface area contributed by atoms with Crippen LogP contribution in [0.15, 0.2) is 29.6 Å². The first-order chi connectivity index (χ1) is 9.65. The molecule has 0 bridgehead atoms. The topological polar surface area (TPSA) is 59.3 Å². The predicted molar refractivity (Wildman–Crippen MR) is 76.2 cm³/mol. The lowest BCUT2D eigenvalue weighted by atomic mass is 10.2. The summed E-state index contributed by atoms with van der Waals surface area (Å²) in [5.74, 6) is -0.0133. The van der Waals surface area contributed by atoms with Crippen molar-refractivity contribution in [2.24, 2.45) is 0 Å². The maximum absolute atomic E-state index is 11.5. The van der Waals surface area contributed by atoms with Gasteiger partial charge in [0.2, 0.25) is 0 Å². The van der Waals surface area contributed by atoms with Crippen molar-refractivity contribution in [1.29, 1.82) is 5.26 Å². The van der Waals surface area contributed by atoms with Crippen LogP contribution >= 0.6 is 22.9 Å². The van der Waals surface area contributed by atoms with E-state index in [9.17, 15) is 4.79 Å². The molecule has 2 aromatic rings. The third-order valence-corrected chi connectivity index (χ3v) is 3.70. The number of rotatable bonds is 4. The average Bonchev–Trinajstić information content (AvgIpc) is 2.92. The monoisotopic (exact) mass is 307 g/mol. The van der Waals surface area contributed by atoms with E-state index >= 15 is 0 Å². The highest BCUT2D eigenvalue weighted by Gasteiger charge is 2.14. The maximum Gasteiger partial charge on any atom is 0.339 e. The number of hydrogen-bond donors (Lipinski definition) is 0. The molecular formula is C14H10ClNO3S. The molecule has 0 atom stereocenters. The van der Waals surface area contributed by atoms with Gasteiger partial charge >= 0.3 is 5.97 Å². The first-order valence-electron chi connectivity index (χ1n) is 5.63. The van der Waals surface area contributed by atoms with Crippen molar-refractivity contribution in [3.8, 4) is 11.8 Å². The summed E-state index contributed by atoms with van der Waals surface area (Å²) in [5, 5.41) is 11.3. The van der Waals surface area contributed by atoms with Gasteiger partial charge in [-0.05, 0) is 23.6 Å². The zero-order valence-electron chi connectivity index (χ0n) is 10.6. The van der Waals surface area contributed by atoms with Gasteiger partial charge in [0.1, 0.15) is 18.4 Å². The summed E-state index contributed by atoms with van der Waals surface area (Å²) < 4.78 is 10.3. The van der Waals surface area contributed by atoms with Crippen molar-refractivity contribution in [2.75, 3.05) is 7.11 Å². The molecule has 20 heavy (non-hydrogen) atoms. The van der Waals surface area contributed by atoms with Crippen LogP contribution in [0.4, 0.5) is 0 Å². The van der Waals surface area contributed by atoms with E-state index < -0.39 is 5.97 Å². The van der Waals surface area contributed by atoms with E-state index in [1.54, 1.807) is 29.6 Å². The van der Waals surface area contributed by atoms with E-state index in [0.717, 1.165) is 4.88 Å². The number of nitriles is 1. The van der Waals surface area contributed by atoms with Crippen LogP contribution in [-0.2, 0) is 11.3 Å². The Morgan fingerprint density at radius 1 is 1.45 bits per heavy atom. The van der Waals surface area contributed by atoms with Gasteiger partial charge in [-0.2, -0.15) is 5.26 Å². The van der Waals surface area contributed by atoms with Gasteiger partial charge in [-0.1, -0.05) is 11.6 Å². The lowest BCUT2D eigenvalue weighted by molar-refractivity contribution is 0.0598. The summed E-state index contributed by atoms with van der Waals surface area (Å²) >= 11 is 7.27. The molecule has 0 spiro atoms. The lowest BCUT2D eigenvalue weighted by Gasteiger charge is -2.08. The van der Waals surface area contributed by atoms with Gasteiger partial charge < -0.3 is 9.47 Å². The number of carbonyl (C=O) groups is 1. The summed E-state index contributed by atoms with van der Waals surface area (Å²) in [7, 11) is 1.33. The normalized spacial score (nSPS) is 9.85. The van der Waals surface area contributed by atoms with E-state index in [2.05, 4.69) is 0 Å². The maximum atomic E-state index is 11.5. The number of methoxy groups -OCH3 is 1. The van der Waals surface area contributed by atoms with Gasteiger partial charge in [0.25, 0.3) is 0 Å². The van der Waals surface area contributed by atoms with Crippen LogP contribution in [0.5, 0.6) is 5.75 Å². The Labute approximate surface area is 125 Å². The minimum Gasteiger partial charge on any atom is -0.487 e. The van der Waals surface area contributed by atoms with Gasteiger partial charge in [0, 0.05) is 11.1 Å². The van der Waals surface area contributed by atoms with Crippen molar-refractivity contribution in [3.05, 3.63) is 50.7 Å². The minimum absolute atomic E-state index is 0.178. The molecular weight excluding hydrogens is 298 g/mol. The summed E-state index contributed by atoms with van der Waals surface area (Å²) in [4.78, 5) is 12.3. The molecule has 0 unspecified atom stereocenters. The fourth-order valence-electron chi connectivity index (χ4n) is 1.60. The van der Waals surface area contributed by atoms with Crippen LogP contribution in [0.25, 0.3) is 0 Å². The molecule has 0 N–H and O–H groups in total. The molecule has 4 nitrogen and oxygen atoms in total. The third-order valence-electron chi connectivity index (χ3n) is 2.57. The summed E-state index contributed by atoms with van der Waals surface area (Å²) in [6, 6.07) is 8.50. The van der Waals surface area contributed by atoms with Crippen molar-refractivity contribution in [3.63, 3.8) is 0 Å². The Morgan fingerprint density at radius 3 is 2.95 bits per heavy atom. The molecule has 0 aliphatic rings. The first kappa shape index (κ1) is 14.4. The van der Waals surface area contributed by atoms with E-state index in [0.29, 0.717) is 21.9 Å². The molecule has 102 valence electrons. The predicted octanol–water partition coefficient (Wildman–Crippen LogP) is 3.64. The Hall–Kier alpha value is -2.03. The number of nitrogens with zero attached hydrogens (tertiary/aromatic N) is 1. The molecule has 0 fully saturated rings. The molecule has 1 aromatic carbocycles. The van der Waals surface area contributed by atoms with Crippen LogP contribution in [0.3, 0.4) is 0 Å². The molecule has 1 aromatic heterocycles. The lowest BCUT2D eigenvalue weighted by Crippen LogP contribution is -2.05. The van der Waals surface area contributed by atoms with E-state index in [4.69, 9.17) is 26.3 Å². The van der Waals surface area contributed by atoms with Crippen molar-refractivity contribution < 1.29 is 14.3 Å². The highest BCUT2D eigenvalue weighted by Crippen LogP contribution is 2.25. The Balaban J connectivity index is 2.18. The summed E-state index contributed by atoms with van der Waals surface area (Å²) in [6.45, 7) is 0.178. The standard InChI is InChI=1S/C14H10ClNO3S/c1-18-14(17)11-4-5-20-13(11)8-19-12-6-10(15)3-2-9(12)7-16/h2-6H,8H2,1H3. The Kier molecular flexibility index (Phi) is 4.61. The first-order valence-corrected chi connectivity index (χ1v) is 6.88. The molecule has 6 heteroatoms. The number of hydrogen-bond acceptors (Lipinski definition) is 5. The number of halogens is 1. The van der Waals surface area contributed by atoms with E-state index in [1.807, 2.05) is 6.07 Å². The average molecular weight is 308 g/mol. The quantitative estimate of drug-likeness (QED) is 0.809. The fourth-order valence-corrected chi connectivity index (χ4v) is 2.53. The van der Waals surface area contributed by atoms with Crippen LogP contribution in [-0.4, -0.2) is 13.1 Å². The fraction of sp³-hybridized carbons (Fsp3) is 0.143. The van der Waals surface area contributed by atoms with Crippen molar-refractivity contribution in [2.45, 2.75) is 6.61 Å². The molecule has 0 aliphatic carbocycles. The number of benzene rings is 1. The Morgan fingerprint density at radius 2 is 2.25 bits per heavy atom. The van der Waals surface area contributed by atoms with Crippen LogP contribution in [0, 0.1) is 11.3 Å². The van der Waals surface area contributed by atoms with Gasteiger partial charge in [-0.25, -0.2) is 4.79 Å². The minimum atomic E-state index is -0.406. The second-order valence-corrected chi connectivity index (χ2v) is 5.23. The second-order valence-electron chi connectivity index (χ2n) is 3.79. The second kappa shape index (κ2) is 6.42. The highest BCUT2D eigenvalue weighted by molar-refractivity contribution is 7.10. The SMILES string of the molecule is COC(=O)c1ccsc1COc1cc(Cl)ccc1C#N. The zero-order valence-corrected chi connectivity index (χ0v) is 12.1. The van der Waals surface area contributed by atoms with Crippen LogP contribution < -0.4 is 4.74 Å². The molecule has 0 saturated carbocycles. The van der Waals surface area contributed by atoms with Gasteiger partial charge in [0.15, 0.2) is 0 Å². The van der Waals surface area contributed by atoms with Gasteiger partial charge in [-0.3, -0.25) is 0 Å². The van der Waals surface area contributed by atoms with Crippen molar-refractivity contribution >= 4 is 28.9 Å². The smallest absolute Gasteiger partial charge is 0.339 e. The number of esters is 1. The number of carbonyl (C=O) groups excluding carboxylic acids is 1. The summed E-state index contributed by atoms with van der Waals surface area (Å²) in [6.07, 6.45) is 0. The molecule has 0 radical (unpaired) electrons. The van der Waals surface area contributed by atoms with E-state index in [1.165, 1.54) is 18.4 Å². The van der Waals surface area contributed by atoms with Crippen molar-refractivity contribution in [1.82, 2.24) is 0 Å². The van der Waals surface area contributed by atoms with Crippen LogP contribution in [0.2, 0.25) is 5.02 Å².